The van der Waals surface area contributed by atoms with E-state index >= 15 is 0 Å². The van der Waals surface area contributed by atoms with Crippen molar-refractivity contribution in [1.82, 2.24) is 9.97 Å². The summed E-state index contributed by atoms with van der Waals surface area (Å²) in [5.41, 5.74) is 0.866. The summed E-state index contributed by atoms with van der Waals surface area (Å²) in [5, 5.41) is 0.624. The lowest BCUT2D eigenvalue weighted by Gasteiger charge is -2.00. The molecule has 0 atom stereocenters. The summed E-state index contributed by atoms with van der Waals surface area (Å²) < 4.78 is 0. The quantitative estimate of drug-likeness (QED) is 0.764. The van der Waals surface area contributed by atoms with Crippen LogP contribution in [0.4, 0.5) is 0 Å². The highest BCUT2D eigenvalue weighted by Gasteiger charge is 2.09. The summed E-state index contributed by atoms with van der Waals surface area (Å²) in [6.45, 7) is 0. The van der Waals surface area contributed by atoms with E-state index in [0.29, 0.717) is 5.02 Å². The van der Waals surface area contributed by atoms with Crippen molar-refractivity contribution in [3.63, 3.8) is 0 Å². The SMILES string of the molecule is O=C(Cc1cccc(Cl)c1)c1ncccn1. The van der Waals surface area contributed by atoms with E-state index in [9.17, 15) is 4.79 Å². The van der Waals surface area contributed by atoms with E-state index in [-0.39, 0.29) is 18.0 Å². The molecule has 3 nitrogen and oxygen atoms in total. The number of benzene rings is 1. The number of Topliss-reactive ketones (excluding diaryl/α,β-unsaturated/α-hetero) is 1. The molecular weight excluding hydrogens is 224 g/mol. The molecule has 1 aromatic heterocycles. The summed E-state index contributed by atoms with van der Waals surface area (Å²) in [4.78, 5) is 19.6. The summed E-state index contributed by atoms with van der Waals surface area (Å²) in [6, 6.07) is 8.89. The van der Waals surface area contributed by atoms with Gasteiger partial charge in [0.05, 0.1) is 0 Å². The van der Waals surface area contributed by atoms with E-state index in [4.69, 9.17) is 11.6 Å². The molecule has 0 aliphatic rings. The van der Waals surface area contributed by atoms with Crippen LogP contribution in [-0.4, -0.2) is 15.8 Å². The molecule has 0 saturated heterocycles. The molecular formula is C12H9ClN2O. The number of ketones is 1. The van der Waals surface area contributed by atoms with Crippen molar-refractivity contribution in [3.8, 4) is 0 Å². The number of rotatable bonds is 3. The van der Waals surface area contributed by atoms with Crippen molar-refractivity contribution in [1.29, 1.82) is 0 Å². The zero-order valence-corrected chi connectivity index (χ0v) is 9.19. The molecule has 0 radical (unpaired) electrons. The minimum Gasteiger partial charge on any atom is -0.290 e. The molecule has 2 rings (SSSR count). The normalized spacial score (nSPS) is 10.1. The van der Waals surface area contributed by atoms with E-state index in [1.165, 1.54) is 0 Å². The maximum Gasteiger partial charge on any atom is 0.204 e. The predicted molar refractivity (Wildman–Crippen MR) is 61.5 cm³/mol. The van der Waals surface area contributed by atoms with Crippen molar-refractivity contribution in [2.75, 3.05) is 0 Å². The molecule has 1 heterocycles. The fourth-order valence-corrected chi connectivity index (χ4v) is 1.57. The second-order valence-corrected chi connectivity index (χ2v) is 3.74. The molecule has 0 aliphatic heterocycles. The highest BCUT2D eigenvalue weighted by molar-refractivity contribution is 6.30. The van der Waals surface area contributed by atoms with Gasteiger partial charge in [0, 0.05) is 23.8 Å². The predicted octanol–water partition coefficient (Wildman–Crippen LogP) is 2.56. The highest BCUT2D eigenvalue weighted by Crippen LogP contribution is 2.12. The van der Waals surface area contributed by atoms with Crippen LogP contribution < -0.4 is 0 Å². The van der Waals surface area contributed by atoms with Gasteiger partial charge < -0.3 is 0 Å². The van der Waals surface area contributed by atoms with Crippen LogP contribution in [0.15, 0.2) is 42.7 Å². The highest BCUT2D eigenvalue weighted by atomic mass is 35.5. The lowest BCUT2D eigenvalue weighted by Crippen LogP contribution is -2.07. The smallest absolute Gasteiger partial charge is 0.204 e. The van der Waals surface area contributed by atoms with E-state index in [2.05, 4.69) is 9.97 Å². The Morgan fingerprint density at radius 1 is 1.19 bits per heavy atom. The third-order valence-electron chi connectivity index (χ3n) is 2.07. The molecule has 0 unspecified atom stereocenters. The molecule has 2 aromatic rings. The van der Waals surface area contributed by atoms with Crippen LogP contribution in [-0.2, 0) is 6.42 Å². The van der Waals surface area contributed by atoms with Gasteiger partial charge in [0.2, 0.25) is 5.78 Å². The van der Waals surface area contributed by atoms with Crippen molar-refractivity contribution in [2.45, 2.75) is 6.42 Å². The van der Waals surface area contributed by atoms with Crippen LogP contribution in [0.25, 0.3) is 0 Å². The fourth-order valence-electron chi connectivity index (χ4n) is 1.35. The second-order valence-electron chi connectivity index (χ2n) is 3.30. The second kappa shape index (κ2) is 4.86. The molecule has 1 aromatic carbocycles. The average molecular weight is 233 g/mol. The van der Waals surface area contributed by atoms with Gasteiger partial charge >= 0.3 is 0 Å². The molecule has 0 amide bonds. The Morgan fingerprint density at radius 2 is 1.94 bits per heavy atom. The molecule has 0 N–H and O–H groups in total. The Morgan fingerprint density at radius 3 is 2.62 bits per heavy atom. The number of hydrogen-bond donors (Lipinski definition) is 0. The topological polar surface area (TPSA) is 42.9 Å². The first kappa shape index (κ1) is 10.8. The summed E-state index contributed by atoms with van der Waals surface area (Å²) in [5.74, 6) is 0.130. The van der Waals surface area contributed by atoms with Crippen LogP contribution in [0, 0.1) is 0 Å². The maximum absolute atomic E-state index is 11.8. The minimum absolute atomic E-state index is 0.108. The summed E-state index contributed by atoms with van der Waals surface area (Å²) >= 11 is 5.83. The van der Waals surface area contributed by atoms with Crippen molar-refractivity contribution < 1.29 is 4.79 Å². The zero-order chi connectivity index (χ0) is 11.4. The Hall–Kier alpha value is -1.74. The van der Waals surface area contributed by atoms with E-state index in [0.717, 1.165) is 5.56 Å². The molecule has 16 heavy (non-hydrogen) atoms. The maximum atomic E-state index is 11.8. The van der Waals surface area contributed by atoms with Gasteiger partial charge in [-0.25, -0.2) is 9.97 Å². The third kappa shape index (κ3) is 2.64. The molecule has 0 bridgehead atoms. The molecule has 80 valence electrons. The Labute approximate surface area is 98.1 Å². The van der Waals surface area contributed by atoms with Crippen molar-refractivity contribution in [3.05, 3.63) is 59.1 Å². The number of aromatic nitrogens is 2. The first-order valence-corrected chi connectivity index (χ1v) is 5.18. The average Bonchev–Trinajstić information content (AvgIpc) is 2.30. The van der Waals surface area contributed by atoms with Crippen molar-refractivity contribution >= 4 is 17.4 Å². The largest absolute Gasteiger partial charge is 0.290 e. The summed E-state index contributed by atoms with van der Waals surface area (Å²) in [6.07, 6.45) is 3.38. The minimum atomic E-state index is -0.108. The van der Waals surface area contributed by atoms with E-state index in [1.54, 1.807) is 30.6 Å². The lowest BCUT2D eigenvalue weighted by atomic mass is 10.1. The van der Waals surface area contributed by atoms with Crippen LogP contribution in [0.3, 0.4) is 0 Å². The van der Waals surface area contributed by atoms with Crippen LogP contribution in [0.2, 0.25) is 5.02 Å². The number of halogens is 1. The Balaban J connectivity index is 2.14. The van der Waals surface area contributed by atoms with Crippen LogP contribution in [0.5, 0.6) is 0 Å². The standard InChI is InChI=1S/C12H9ClN2O/c13-10-4-1-3-9(7-10)8-11(16)12-14-5-2-6-15-12/h1-7H,8H2. The number of carbonyl (C=O) groups excluding carboxylic acids is 1. The van der Waals surface area contributed by atoms with Gasteiger partial charge in [0.25, 0.3) is 0 Å². The van der Waals surface area contributed by atoms with E-state index in [1.807, 2.05) is 12.1 Å². The number of hydrogen-bond acceptors (Lipinski definition) is 3. The van der Waals surface area contributed by atoms with Gasteiger partial charge in [-0.15, -0.1) is 0 Å². The first-order chi connectivity index (χ1) is 7.75. The molecule has 4 heteroatoms. The zero-order valence-electron chi connectivity index (χ0n) is 8.43. The Kier molecular flexibility index (Phi) is 3.27. The van der Waals surface area contributed by atoms with Gasteiger partial charge in [-0.3, -0.25) is 4.79 Å². The van der Waals surface area contributed by atoms with Gasteiger partial charge in [-0.05, 0) is 23.8 Å². The monoisotopic (exact) mass is 232 g/mol. The number of nitrogens with zero attached hydrogens (tertiary/aromatic N) is 2. The molecule has 0 spiro atoms. The lowest BCUT2D eigenvalue weighted by molar-refractivity contribution is 0.0983. The third-order valence-corrected chi connectivity index (χ3v) is 2.30. The van der Waals surface area contributed by atoms with Crippen molar-refractivity contribution in [2.24, 2.45) is 0 Å². The van der Waals surface area contributed by atoms with Crippen LogP contribution >= 0.6 is 11.6 Å². The first-order valence-electron chi connectivity index (χ1n) is 4.80. The molecule has 0 saturated carbocycles. The summed E-state index contributed by atoms with van der Waals surface area (Å²) in [7, 11) is 0. The molecule has 0 fully saturated rings. The fraction of sp³-hybridized carbons (Fsp3) is 0.0833. The van der Waals surface area contributed by atoms with Gasteiger partial charge in [0.1, 0.15) is 0 Å². The van der Waals surface area contributed by atoms with Gasteiger partial charge in [0.15, 0.2) is 5.82 Å². The Bertz CT molecular complexity index is 499. The molecule has 0 aliphatic carbocycles. The van der Waals surface area contributed by atoms with Gasteiger partial charge in [-0.2, -0.15) is 0 Å². The van der Waals surface area contributed by atoms with E-state index < -0.39 is 0 Å². The number of carbonyl (C=O) groups is 1. The van der Waals surface area contributed by atoms with Crippen LogP contribution in [0.1, 0.15) is 16.2 Å². The van der Waals surface area contributed by atoms with Gasteiger partial charge in [-0.1, -0.05) is 23.7 Å².